The lowest BCUT2D eigenvalue weighted by molar-refractivity contribution is -0.633. The lowest BCUT2D eigenvalue weighted by Gasteiger charge is -2.08. The molecule has 2 aromatic heterocycles. The van der Waals surface area contributed by atoms with E-state index in [0.717, 1.165) is 16.8 Å². The molecule has 4 rings (SSSR count). The fraction of sp³-hybridized carbons (Fsp3) is 0.0952. The van der Waals surface area contributed by atoms with Gasteiger partial charge in [0.25, 0.3) is 0 Å². The lowest BCUT2D eigenvalue weighted by Crippen LogP contribution is -2.32. The molecule has 3 heteroatoms. The SMILES string of the molecule is Cc1ccccc1-c1ccc2c(-c3ncccn3)cccc2[n+]1C. The number of pyridine rings is 1. The van der Waals surface area contributed by atoms with Crippen molar-refractivity contribution in [2.75, 3.05) is 0 Å². The molecule has 0 amide bonds. The Kier molecular flexibility index (Phi) is 3.54. The molecule has 116 valence electrons. The minimum Gasteiger partial charge on any atom is -0.237 e. The summed E-state index contributed by atoms with van der Waals surface area (Å²) in [6.45, 7) is 2.15. The summed E-state index contributed by atoms with van der Waals surface area (Å²) in [6, 6.07) is 20.9. The molecule has 0 bridgehead atoms. The van der Waals surface area contributed by atoms with Gasteiger partial charge in [-0.15, -0.1) is 0 Å². The van der Waals surface area contributed by atoms with E-state index in [9.17, 15) is 0 Å². The Balaban J connectivity index is 1.97. The molecule has 0 N–H and O–H groups in total. The average Bonchev–Trinajstić information content (AvgIpc) is 2.63. The van der Waals surface area contributed by atoms with Gasteiger partial charge in [-0.1, -0.05) is 30.3 Å². The summed E-state index contributed by atoms with van der Waals surface area (Å²) in [4.78, 5) is 8.81. The first-order valence-electron chi connectivity index (χ1n) is 8.01. The maximum Gasteiger partial charge on any atom is 0.213 e. The van der Waals surface area contributed by atoms with Gasteiger partial charge < -0.3 is 0 Å². The number of benzene rings is 2. The lowest BCUT2D eigenvalue weighted by atomic mass is 10.0. The van der Waals surface area contributed by atoms with Gasteiger partial charge in [0.1, 0.15) is 7.05 Å². The van der Waals surface area contributed by atoms with Crippen LogP contribution in [0.5, 0.6) is 0 Å². The maximum absolute atomic E-state index is 4.40. The number of aryl methyl sites for hydroxylation is 2. The van der Waals surface area contributed by atoms with E-state index in [1.165, 1.54) is 22.3 Å². The molecule has 0 saturated heterocycles. The molecule has 0 radical (unpaired) electrons. The minimum atomic E-state index is 0.756. The zero-order chi connectivity index (χ0) is 16.5. The van der Waals surface area contributed by atoms with Crippen LogP contribution < -0.4 is 4.57 Å². The van der Waals surface area contributed by atoms with E-state index in [-0.39, 0.29) is 0 Å². The van der Waals surface area contributed by atoms with E-state index >= 15 is 0 Å². The Labute approximate surface area is 141 Å². The van der Waals surface area contributed by atoms with Gasteiger partial charge in [0.2, 0.25) is 11.2 Å². The molecule has 2 heterocycles. The van der Waals surface area contributed by atoms with Crippen LogP contribution in [0.15, 0.2) is 73.1 Å². The largest absolute Gasteiger partial charge is 0.237 e. The highest BCUT2D eigenvalue weighted by molar-refractivity contribution is 5.91. The standard InChI is InChI=1S/C21H18N3/c1-15-7-3-4-8-16(15)20-12-11-17-18(21-22-13-6-14-23-21)9-5-10-19(17)24(20)2/h3-14H,1-2H3/q+1. The van der Waals surface area contributed by atoms with Crippen molar-refractivity contribution in [3.8, 4) is 22.6 Å². The zero-order valence-electron chi connectivity index (χ0n) is 13.8. The molecule has 2 aromatic carbocycles. The monoisotopic (exact) mass is 312 g/mol. The summed E-state index contributed by atoms with van der Waals surface area (Å²) in [5.74, 6) is 0.756. The quantitative estimate of drug-likeness (QED) is 0.522. The molecule has 24 heavy (non-hydrogen) atoms. The fourth-order valence-electron chi connectivity index (χ4n) is 3.19. The molecule has 0 aliphatic heterocycles. The fourth-order valence-corrected chi connectivity index (χ4v) is 3.19. The van der Waals surface area contributed by atoms with Gasteiger partial charge in [0.05, 0.1) is 5.39 Å². The van der Waals surface area contributed by atoms with E-state index in [0.29, 0.717) is 0 Å². The molecule has 0 aliphatic carbocycles. The molecular weight excluding hydrogens is 294 g/mol. The number of fused-ring (bicyclic) bond motifs is 1. The van der Waals surface area contributed by atoms with Gasteiger partial charge in [-0.2, -0.15) is 4.57 Å². The highest BCUT2D eigenvalue weighted by Gasteiger charge is 2.17. The van der Waals surface area contributed by atoms with E-state index in [2.05, 4.69) is 83.1 Å². The molecule has 4 aromatic rings. The van der Waals surface area contributed by atoms with Crippen molar-refractivity contribution >= 4 is 10.9 Å². The Morgan fingerprint density at radius 2 is 1.50 bits per heavy atom. The summed E-state index contributed by atoms with van der Waals surface area (Å²) in [6.07, 6.45) is 3.56. The van der Waals surface area contributed by atoms with Crippen molar-refractivity contribution in [3.05, 3.63) is 78.6 Å². The summed E-state index contributed by atoms with van der Waals surface area (Å²) >= 11 is 0. The van der Waals surface area contributed by atoms with E-state index < -0.39 is 0 Å². The Morgan fingerprint density at radius 1 is 0.750 bits per heavy atom. The predicted molar refractivity (Wildman–Crippen MR) is 96.3 cm³/mol. The van der Waals surface area contributed by atoms with Gasteiger partial charge in [0, 0.05) is 35.7 Å². The summed E-state index contributed by atoms with van der Waals surface area (Å²) in [5, 5.41) is 1.16. The third kappa shape index (κ3) is 2.35. The third-order valence-corrected chi connectivity index (χ3v) is 4.44. The van der Waals surface area contributed by atoms with Crippen LogP contribution in [-0.4, -0.2) is 9.97 Å². The van der Waals surface area contributed by atoms with Crippen molar-refractivity contribution in [2.24, 2.45) is 7.05 Å². The molecule has 3 nitrogen and oxygen atoms in total. The topological polar surface area (TPSA) is 29.7 Å². The molecule has 0 spiro atoms. The summed E-state index contributed by atoms with van der Waals surface area (Å²) in [7, 11) is 2.11. The van der Waals surface area contributed by atoms with Crippen LogP contribution >= 0.6 is 0 Å². The Hall–Kier alpha value is -3.07. The molecule has 0 saturated carbocycles. The van der Waals surface area contributed by atoms with Gasteiger partial charge in [0.15, 0.2) is 5.82 Å². The Morgan fingerprint density at radius 3 is 2.29 bits per heavy atom. The highest BCUT2D eigenvalue weighted by Crippen LogP contribution is 2.27. The number of hydrogen-bond donors (Lipinski definition) is 0. The first-order chi connectivity index (χ1) is 11.8. The second-order valence-corrected chi connectivity index (χ2v) is 5.90. The van der Waals surface area contributed by atoms with Crippen molar-refractivity contribution in [2.45, 2.75) is 6.92 Å². The number of rotatable bonds is 2. The van der Waals surface area contributed by atoms with Gasteiger partial charge in [-0.3, -0.25) is 0 Å². The zero-order valence-corrected chi connectivity index (χ0v) is 13.8. The summed E-state index contributed by atoms with van der Waals surface area (Å²) in [5.41, 5.74) is 5.95. The van der Waals surface area contributed by atoms with Crippen LogP contribution in [0.2, 0.25) is 0 Å². The van der Waals surface area contributed by atoms with E-state index in [4.69, 9.17) is 0 Å². The van der Waals surface area contributed by atoms with Gasteiger partial charge in [-0.05, 0) is 30.7 Å². The van der Waals surface area contributed by atoms with Crippen LogP contribution in [0, 0.1) is 6.92 Å². The van der Waals surface area contributed by atoms with Crippen LogP contribution in [0.1, 0.15) is 5.56 Å². The molecule has 0 atom stereocenters. The predicted octanol–water partition coefficient (Wildman–Crippen LogP) is 4.10. The third-order valence-electron chi connectivity index (χ3n) is 4.44. The molecular formula is C21H18N3+. The van der Waals surface area contributed by atoms with Crippen molar-refractivity contribution < 1.29 is 4.57 Å². The molecule has 0 unspecified atom stereocenters. The van der Waals surface area contributed by atoms with Crippen molar-refractivity contribution in [3.63, 3.8) is 0 Å². The maximum atomic E-state index is 4.40. The van der Waals surface area contributed by atoms with E-state index in [1.54, 1.807) is 12.4 Å². The second-order valence-electron chi connectivity index (χ2n) is 5.90. The van der Waals surface area contributed by atoms with Gasteiger partial charge in [-0.25, -0.2) is 9.97 Å². The smallest absolute Gasteiger partial charge is 0.213 e. The number of hydrogen-bond acceptors (Lipinski definition) is 2. The summed E-state index contributed by atoms with van der Waals surface area (Å²) < 4.78 is 2.24. The Bertz CT molecular complexity index is 1020. The first-order valence-corrected chi connectivity index (χ1v) is 8.01. The van der Waals surface area contributed by atoms with Gasteiger partial charge >= 0.3 is 0 Å². The minimum absolute atomic E-state index is 0.756. The average molecular weight is 312 g/mol. The first kappa shape index (κ1) is 14.5. The van der Waals surface area contributed by atoms with Crippen LogP contribution in [-0.2, 0) is 7.05 Å². The van der Waals surface area contributed by atoms with E-state index in [1.807, 2.05) is 6.07 Å². The molecule has 0 aliphatic rings. The van der Waals surface area contributed by atoms with Crippen molar-refractivity contribution in [1.29, 1.82) is 0 Å². The van der Waals surface area contributed by atoms with Crippen LogP contribution in [0.25, 0.3) is 33.5 Å². The normalized spacial score (nSPS) is 10.9. The number of aromatic nitrogens is 3. The van der Waals surface area contributed by atoms with Crippen LogP contribution in [0.3, 0.4) is 0 Å². The van der Waals surface area contributed by atoms with Crippen molar-refractivity contribution in [1.82, 2.24) is 9.97 Å². The molecule has 0 fully saturated rings. The van der Waals surface area contributed by atoms with Crippen LogP contribution in [0.4, 0.5) is 0 Å². The second kappa shape index (κ2) is 5.85. The number of nitrogens with zero attached hydrogens (tertiary/aromatic N) is 3. The highest BCUT2D eigenvalue weighted by atomic mass is 14.9.